The fourth-order valence-corrected chi connectivity index (χ4v) is 3.02. The molecule has 3 rings (SSSR count). The van der Waals surface area contributed by atoms with Crippen LogP contribution in [0.5, 0.6) is 0 Å². The maximum Gasteiger partial charge on any atom is 0.311 e. The van der Waals surface area contributed by atoms with Gasteiger partial charge in [-0.3, -0.25) is 4.79 Å². The quantitative estimate of drug-likeness (QED) is 0.651. The van der Waals surface area contributed by atoms with Crippen molar-refractivity contribution < 1.29 is 9.53 Å². The van der Waals surface area contributed by atoms with Crippen molar-refractivity contribution in [1.29, 1.82) is 0 Å². The summed E-state index contributed by atoms with van der Waals surface area (Å²) in [6, 6.07) is 9.66. The second kappa shape index (κ2) is 4.58. The van der Waals surface area contributed by atoms with Crippen LogP contribution in [-0.4, -0.2) is 12.0 Å². The maximum atomic E-state index is 12.1. The molecule has 0 saturated heterocycles. The summed E-state index contributed by atoms with van der Waals surface area (Å²) in [5.41, 5.74) is 7.09. The van der Waals surface area contributed by atoms with Crippen molar-refractivity contribution in [3.05, 3.63) is 48.0 Å². The molecule has 4 atom stereocenters. The van der Waals surface area contributed by atoms with Crippen molar-refractivity contribution in [2.24, 2.45) is 23.5 Å². The van der Waals surface area contributed by atoms with Crippen LogP contribution in [0.3, 0.4) is 0 Å². The van der Waals surface area contributed by atoms with Gasteiger partial charge in [0.2, 0.25) is 0 Å². The Hall–Kier alpha value is -1.61. The molecule has 2 aliphatic carbocycles. The van der Waals surface area contributed by atoms with Crippen LogP contribution in [0, 0.1) is 17.8 Å². The van der Waals surface area contributed by atoms with Gasteiger partial charge in [-0.25, -0.2) is 0 Å². The summed E-state index contributed by atoms with van der Waals surface area (Å²) >= 11 is 0. The molecule has 3 heteroatoms. The number of carbonyl (C=O) groups is 1. The van der Waals surface area contributed by atoms with E-state index in [2.05, 4.69) is 12.2 Å². The maximum absolute atomic E-state index is 12.1. The Labute approximate surface area is 107 Å². The normalized spacial score (nSPS) is 32.7. The van der Waals surface area contributed by atoms with Gasteiger partial charge in [0.15, 0.2) is 0 Å². The fraction of sp³-hybridized carbons (Fsp3) is 0.400. The molecule has 1 aromatic carbocycles. The van der Waals surface area contributed by atoms with Crippen LogP contribution in [0.2, 0.25) is 0 Å². The number of allylic oxidation sites excluding steroid dienone is 1. The zero-order valence-corrected chi connectivity index (χ0v) is 10.2. The van der Waals surface area contributed by atoms with E-state index in [0.717, 1.165) is 12.0 Å². The smallest absolute Gasteiger partial charge is 0.311 e. The Morgan fingerprint density at radius 1 is 1.22 bits per heavy atom. The third kappa shape index (κ3) is 1.95. The molecule has 2 aliphatic rings. The molecule has 0 amide bonds. The minimum absolute atomic E-state index is 0.0664. The first-order valence-corrected chi connectivity index (χ1v) is 6.40. The topological polar surface area (TPSA) is 52.3 Å². The van der Waals surface area contributed by atoms with Crippen LogP contribution >= 0.6 is 0 Å². The van der Waals surface area contributed by atoms with Crippen molar-refractivity contribution >= 4 is 5.97 Å². The molecule has 1 aromatic rings. The summed E-state index contributed by atoms with van der Waals surface area (Å²) in [4.78, 5) is 12.1. The molecule has 0 heterocycles. The lowest BCUT2D eigenvalue weighted by atomic mass is 9.90. The van der Waals surface area contributed by atoms with Crippen LogP contribution in [0.4, 0.5) is 0 Å². The van der Waals surface area contributed by atoms with Gasteiger partial charge in [-0.2, -0.15) is 0 Å². The molecule has 1 fully saturated rings. The van der Waals surface area contributed by atoms with E-state index in [9.17, 15) is 4.79 Å². The number of hydrogen-bond donors (Lipinski definition) is 1. The monoisotopic (exact) mass is 243 g/mol. The minimum Gasteiger partial charge on any atom is -0.461 e. The van der Waals surface area contributed by atoms with Gasteiger partial charge in [0, 0.05) is 6.04 Å². The van der Waals surface area contributed by atoms with Gasteiger partial charge in [-0.05, 0) is 23.8 Å². The van der Waals surface area contributed by atoms with E-state index >= 15 is 0 Å². The number of fused-ring (bicyclic) bond motifs is 2. The van der Waals surface area contributed by atoms with E-state index in [1.165, 1.54) is 0 Å². The van der Waals surface area contributed by atoms with Crippen LogP contribution in [0.25, 0.3) is 0 Å². The Balaban J connectivity index is 1.61. The molecule has 0 aliphatic heterocycles. The number of carbonyl (C=O) groups excluding carboxylic acids is 1. The zero-order chi connectivity index (χ0) is 12.5. The molecule has 0 unspecified atom stereocenters. The Kier molecular flexibility index (Phi) is 2.92. The summed E-state index contributed by atoms with van der Waals surface area (Å²) in [5, 5.41) is 0. The standard InChI is InChI=1S/C15H17NO2/c16-14-12-7-6-11(8-12)13(14)15(17)18-9-10-4-2-1-3-5-10/h1-7,11-14H,8-9,16H2/t11-,12+,13+,14-/m0/s1. The average Bonchev–Trinajstić information content (AvgIpc) is 2.98. The number of hydrogen-bond acceptors (Lipinski definition) is 3. The first-order valence-electron chi connectivity index (χ1n) is 6.40. The molecule has 2 bridgehead atoms. The summed E-state index contributed by atoms with van der Waals surface area (Å²) in [7, 11) is 0. The molecule has 3 nitrogen and oxygen atoms in total. The highest BCUT2D eigenvalue weighted by molar-refractivity contribution is 5.75. The predicted molar refractivity (Wildman–Crippen MR) is 68.4 cm³/mol. The van der Waals surface area contributed by atoms with Crippen molar-refractivity contribution in [2.45, 2.75) is 19.1 Å². The fourth-order valence-electron chi connectivity index (χ4n) is 3.02. The molecule has 0 radical (unpaired) electrons. The summed E-state index contributed by atoms with van der Waals surface area (Å²) in [6.07, 6.45) is 5.26. The van der Waals surface area contributed by atoms with E-state index in [-0.39, 0.29) is 23.8 Å². The number of ether oxygens (including phenoxy) is 1. The largest absolute Gasteiger partial charge is 0.461 e. The molecular formula is C15H17NO2. The van der Waals surface area contributed by atoms with Gasteiger partial charge in [0.05, 0.1) is 5.92 Å². The third-order valence-electron chi connectivity index (χ3n) is 4.02. The van der Waals surface area contributed by atoms with Gasteiger partial charge < -0.3 is 10.5 Å². The number of benzene rings is 1. The highest BCUT2D eigenvalue weighted by Crippen LogP contribution is 2.43. The lowest BCUT2D eigenvalue weighted by Crippen LogP contribution is -2.39. The lowest BCUT2D eigenvalue weighted by molar-refractivity contribution is -0.151. The molecule has 0 aromatic heterocycles. The molecule has 0 spiro atoms. The first-order chi connectivity index (χ1) is 8.75. The predicted octanol–water partition coefficient (Wildman–Crippen LogP) is 1.88. The lowest BCUT2D eigenvalue weighted by Gasteiger charge is -2.22. The highest BCUT2D eigenvalue weighted by atomic mass is 16.5. The van der Waals surface area contributed by atoms with E-state index in [1.807, 2.05) is 30.3 Å². The van der Waals surface area contributed by atoms with Crippen LogP contribution in [-0.2, 0) is 16.1 Å². The Bertz CT molecular complexity index is 469. The number of rotatable bonds is 3. The van der Waals surface area contributed by atoms with Crippen molar-refractivity contribution in [2.75, 3.05) is 0 Å². The molecule has 1 saturated carbocycles. The van der Waals surface area contributed by atoms with Gasteiger partial charge in [-0.15, -0.1) is 0 Å². The molecule has 18 heavy (non-hydrogen) atoms. The Morgan fingerprint density at radius 2 is 1.94 bits per heavy atom. The van der Waals surface area contributed by atoms with Crippen LogP contribution in [0.15, 0.2) is 42.5 Å². The Morgan fingerprint density at radius 3 is 2.61 bits per heavy atom. The van der Waals surface area contributed by atoms with E-state index in [0.29, 0.717) is 12.5 Å². The van der Waals surface area contributed by atoms with Crippen molar-refractivity contribution in [3.63, 3.8) is 0 Å². The summed E-state index contributed by atoms with van der Waals surface area (Å²) in [6.45, 7) is 0.337. The van der Waals surface area contributed by atoms with Gasteiger partial charge in [-0.1, -0.05) is 42.5 Å². The van der Waals surface area contributed by atoms with E-state index < -0.39 is 0 Å². The number of esters is 1. The second-order valence-corrected chi connectivity index (χ2v) is 5.14. The van der Waals surface area contributed by atoms with Gasteiger partial charge >= 0.3 is 5.97 Å². The van der Waals surface area contributed by atoms with Crippen molar-refractivity contribution in [1.82, 2.24) is 0 Å². The number of nitrogens with two attached hydrogens (primary N) is 1. The van der Waals surface area contributed by atoms with E-state index in [1.54, 1.807) is 0 Å². The third-order valence-corrected chi connectivity index (χ3v) is 4.02. The first kappa shape index (κ1) is 11.5. The summed E-state index contributed by atoms with van der Waals surface area (Å²) < 4.78 is 5.38. The zero-order valence-electron chi connectivity index (χ0n) is 10.2. The summed E-state index contributed by atoms with van der Waals surface area (Å²) in [5.74, 6) is 0.351. The van der Waals surface area contributed by atoms with Crippen LogP contribution < -0.4 is 5.73 Å². The SMILES string of the molecule is N[C@@H]1[C@H](C(=O)OCc2ccccc2)[C@H]2C=C[C@@H]1C2. The second-order valence-electron chi connectivity index (χ2n) is 5.14. The highest BCUT2D eigenvalue weighted by Gasteiger charge is 2.47. The average molecular weight is 243 g/mol. The molecule has 94 valence electrons. The van der Waals surface area contributed by atoms with Gasteiger partial charge in [0.25, 0.3) is 0 Å². The van der Waals surface area contributed by atoms with Crippen LogP contribution in [0.1, 0.15) is 12.0 Å². The minimum atomic E-state index is -0.150. The van der Waals surface area contributed by atoms with Gasteiger partial charge in [0.1, 0.15) is 6.61 Å². The molecular weight excluding hydrogens is 226 g/mol. The van der Waals surface area contributed by atoms with E-state index in [4.69, 9.17) is 10.5 Å². The molecule has 2 N–H and O–H groups in total. The van der Waals surface area contributed by atoms with Crippen molar-refractivity contribution in [3.8, 4) is 0 Å².